The van der Waals surface area contributed by atoms with Crippen molar-refractivity contribution in [1.82, 2.24) is 14.8 Å². The van der Waals surface area contributed by atoms with Crippen LogP contribution in [0.15, 0.2) is 59.8 Å². The molecule has 0 radical (unpaired) electrons. The number of carbonyl (C=O) groups is 2. The molecule has 0 aliphatic carbocycles. The van der Waals surface area contributed by atoms with E-state index < -0.39 is 0 Å². The molecule has 1 heterocycles. The molecule has 0 aliphatic rings. The lowest BCUT2D eigenvalue weighted by Crippen LogP contribution is -2.17. The molecule has 1 aromatic heterocycles. The molecular formula is C20H21N5O3S. The van der Waals surface area contributed by atoms with Gasteiger partial charge >= 0.3 is 0 Å². The third kappa shape index (κ3) is 5.82. The summed E-state index contributed by atoms with van der Waals surface area (Å²) in [4.78, 5) is 24.3. The van der Waals surface area contributed by atoms with Crippen LogP contribution in [0.25, 0.3) is 0 Å². The summed E-state index contributed by atoms with van der Waals surface area (Å²) >= 11 is 1.25. The summed E-state index contributed by atoms with van der Waals surface area (Å²) in [6.07, 6.45) is 0.0942. The highest BCUT2D eigenvalue weighted by molar-refractivity contribution is 7.99. The van der Waals surface area contributed by atoms with Crippen LogP contribution in [0.1, 0.15) is 5.82 Å². The summed E-state index contributed by atoms with van der Waals surface area (Å²) in [5.41, 5.74) is 1.41. The van der Waals surface area contributed by atoms with Crippen molar-refractivity contribution in [3.8, 4) is 5.75 Å². The van der Waals surface area contributed by atoms with Gasteiger partial charge < -0.3 is 19.9 Å². The van der Waals surface area contributed by atoms with E-state index in [1.54, 1.807) is 43.0 Å². The second-order valence-corrected chi connectivity index (χ2v) is 7.06. The summed E-state index contributed by atoms with van der Waals surface area (Å²) in [6, 6.07) is 16.3. The largest absolute Gasteiger partial charge is 0.497 e. The number of thioether (sulfide) groups is 1. The summed E-state index contributed by atoms with van der Waals surface area (Å²) in [5, 5.41) is 14.3. The molecule has 9 heteroatoms. The van der Waals surface area contributed by atoms with Crippen molar-refractivity contribution in [2.75, 3.05) is 23.5 Å². The summed E-state index contributed by atoms with van der Waals surface area (Å²) in [7, 11) is 3.36. The number of benzene rings is 2. The van der Waals surface area contributed by atoms with E-state index in [2.05, 4.69) is 20.8 Å². The number of anilines is 2. The Hall–Kier alpha value is -3.33. The van der Waals surface area contributed by atoms with Crippen molar-refractivity contribution in [2.45, 2.75) is 11.6 Å². The molecule has 0 saturated heterocycles. The monoisotopic (exact) mass is 411 g/mol. The van der Waals surface area contributed by atoms with Crippen LogP contribution in [0.2, 0.25) is 0 Å². The molecule has 150 valence electrons. The van der Waals surface area contributed by atoms with Crippen LogP contribution in [0, 0.1) is 0 Å². The van der Waals surface area contributed by atoms with Gasteiger partial charge in [-0.2, -0.15) is 0 Å². The van der Waals surface area contributed by atoms with Gasteiger partial charge in [0.2, 0.25) is 11.8 Å². The van der Waals surface area contributed by atoms with E-state index in [4.69, 9.17) is 4.74 Å². The summed E-state index contributed by atoms with van der Waals surface area (Å²) in [5.74, 6) is 1.08. The topological polar surface area (TPSA) is 98.1 Å². The van der Waals surface area contributed by atoms with Gasteiger partial charge in [0.05, 0.1) is 19.3 Å². The molecule has 0 atom stereocenters. The van der Waals surface area contributed by atoms with E-state index in [1.165, 1.54) is 11.8 Å². The zero-order valence-corrected chi connectivity index (χ0v) is 16.9. The second kappa shape index (κ2) is 9.74. The maximum absolute atomic E-state index is 12.2. The number of amides is 2. The Labute approximate surface area is 172 Å². The van der Waals surface area contributed by atoms with Crippen molar-refractivity contribution < 1.29 is 14.3 Å². The Balaban J connectivity index is 1.51. The maximum Gasteiger partial charge on any atom is 0.234 e. The molecule has 3 aromatic rings. The number of para-hydroxylation sites is 1. The highest BCUT2D eigenvalue weighted by Gasteiger charge is 2.14. The van der Waals surface area contributed by atoms with Crippen LogP contribution in [-0.2, 0) is 23.1 Å². The highest BCUT2D eigenvalue weighted by atomic mass is 32.2. The zero-order valence-electron chi connectivity index (χ0n) is 16.1. The molecule has 0 spiro atoms. The predicted molar refractivity (Wildman–Crippen MR) is 112 cm³/mol. The number of hydrogen-bond acceptors (Lipinski definition) is 6. The number of methoxy groups -OCH3 is 1. The summed E-state index contributed by atoms with van der Waals surface area (Å²) < 4.78 is 6.81. The van der Waals surface area contributed by atoms with Gasteiger partial charge in [0, 0.05) is 18.4 Å². The molecular weight excluding hydrogens is 390 g/mol. The van der Waals surface area contributed by atoms with E-state index in [9.17, 15) is 9.59 Å². The first-order valence-corrected chi connectivity index (χ1v) is 9.83. The molecule has 2 N–H and O–H groups in total. The Bertz CT molecular complexity index is 974. The number of rotatable bonds is 8. The standard InChI is InChI=1S/C20H21N5O3S/c1-25-17(12-18(26)21-14-6-4-3-5-7-14)23-24-20(25)29-13-19(27)22-15-8-10-16(28-2)11-9-15/h3-11H,12-13H2,1-2H3,(H,21,26)(H,22,27). The fourth-order valence-electron chi connectivity index (χ4n) is 2.50. The molecule has 0 saturated carbocycles. The van der Waals surface area contributed by atoms with Crippen molar-refractivity contribution in [3.63, 3.8) is 0 Å². The average Bonchev–Trinajstić information content (AvgIpc) is 3.07. The number of nitrogens with one attached hydrogen (secondary N) is 2. The molecule has 0 bridgehead atoms. The van der Waals surface area contributed by atoms with Crippen LogP contribution < -0.4 is 15.4 Å². The van der Waals surface area contributed by atoms with E-state index >= 15 is 0 Å². The Kier molecular flexibility index (Phi) is 6.85. The number of aromatic nitrogens is 3. The Morgan fingerprint density at radius 2 is 1.62 bits per heavy atom. The second-order valence-electron chi connectivity index (χ2n) is 6.11. The van der Waals surface area contributed by atoms with Gasteiger partial charge in [-0.25, -0.2) is 0 Å². The van der Waals surface area contributed by atoms with E-state index in [0.717, 1.165) is 11.4 Å². The normalized spacial score (nSPS) is 10.4. The van der Waals surface area contributed by atoms with Gasteiger partial charge in [0.25, 0.3) is 0 Å². The molecule has 2 aromatic carbocycles. The first-order valence-electron chi connectivity index (χ1n) is 8.85. The minimum absolute atomic E-state index is 0.0942. The Morgan fingerprint density at radius 3 is 2.31 bits per heavy atom. The van der Waals surface area contributed by atoms with Gasteiger partial charge in [-0.15, -0.1) is 10.2 Å². The van der Waals surface area contributed by atoms with Crippen LogP contribution in [-0.4, -0.2) is 39.4 Å². The highest BCUT2D eigenvalue weighted by Crippen LogP contribution is 2.18. The number of carbonyl (C=O) groups excluding carboxylic acids is 2. The number of nitrogens with zero attached hydrogens (tertiary/aromatic N) is 3. The predicted octanol–water partition coefficient (Wildman–Crippen LogP) is 2.74. The van der Waals surface area contributed by atoms with Gasteiger partial charge in [-0.05, 0) is 36.4 Å². The van der Waals surface area contributed by atoms with Gasteiger partial charge in [0.15, 0.2) is 5.16 Å². The lowest BCUT2D eigenvalue weighted by Gasteiger charge is -2.07. The van der Waals surface area contributed by atoms with Crippen molar-refractivity contribution >= 4 is 35.0 Å². The van der Waals surface area contributed by atoms with E-state index in [0.29, 0.717) is 16.7 Å². The van der Waals surface area contributed by atoms with E-state index in [1.807, 2.05) is 30.3 Å². The quantitative estimate of drug-likeness (QED) is 0.553. The molecule has 29 heavy (non-hydrogen) atoms. The van der Waals surface area contributed by atoms with Crippen LogP contribution >= 0.6 is 11.8 Å². The lowest BCUT2D eigenvalue weighted by molar-refractivity contribution is -0.116. The maximum atomic E-state index is 12.2. The van der Waals surface area contributed by atoms with E-state index in [-0.39, 0.29) is 24.0 Å². The molecule has 0 aliphatic heterocycles. The third-order valence-corrected chi connectivity index (χ3v) is 5.03. The average molecular weight is 411 g/mol. The minimum atomic E-state index is -0.180. The van der Waals surface area contributed by atoms with Crippen molar-refractivity contribution in [2.24, 2.45) is 7.05 Å². The van der Waals surface area contributed by atoms with Crippen molar-refractivity contribution in [1.29, 1.82) is 0 Å². The van der Waals surface area contributed by atoms with Gasteiger partial charge in [0.1, 0.15) is 11.6 Å². The van der Waals surface area contributed by atoms with Crippen LogP contribution in [0.4, 0.5) is 11.4 Å². The zero-order chi connectivity index (χ0) is 20.6. The molecule has 8 nitrogen and oxygen atoms in total. The first-order chi connectivity index (χ1) is 14.0. The van der Waals surface area contributed by atoms with Crippen LogP contribution in [0.3, 0.4) is 0 Å². The Morgan fingerprint density at radius 1 is 0.966 bits per heavy atom. The van der Waals surface area contributed by atoms with Gasteiger partial charge in [-0.3, -0.25) is 9.59 Å². The SMILES string of the molecule is COc1ccc(NC(=O)CSc2nnc(CC(=O)Nc3ccccc3)n2C)cc1. The first kappa shape index (κ1) is 20.4. The fourth-order valence-corrected chi connectivity index (χ4v) is 3.23. The smallest absolute Gasteiger partial charge is 0.234 e. The molecule has 2 amide bonds. The fraction of sp³-hybridized carbons (Fsp3) is 0.200. The summed E-state index contributed by atoms with van der Waals surface area (Å²) in [6.45, 7) is 0. The molecule has 0 unspecified atom stereocenters. The number of hydrogen-bond donors (Lipinski definition) is 2. The van der Waals surface area contributed by atoms with Crippen LogP contribution in [0.5, 0.6) is 5.75 Å². The minimum Gasteiger partial charge on any atom is -0.497 e. The lowest BCUT2D eigenvalue weighted by atomic mass is 10.3. The number of ether oxygens (including phenoxy) is 1. The van der Waals surface area contributed by atoms with Crippen molar-refractivity contribution in [3.05, 3.63) is 60.4 Å². The molecule has 0 fully saturated rings. The molecule has 3 rings (SSSR count). The van der Waals surface area contributed by atoms with Gasteiger partial charge in [-0.1, -0.05) is 30.0 Å². The third-order valence-electron chi connectivity index (χ3n) is 4.01.